The monoisotopic (exact) mass is 298 g/mol. The molecule has 1 N–H and O–H groups in total. The van der Waals surface area contributed by atoms with Gasteiger partial charge in [0.1, 0.15) is 0 Å². The highest BCUT2D eigenvalue weighted by Crippen LogP contribution is 2.28. The van der Waals surface area contributed by atoms with Gasteiger partial charge >= 0.3 is 6.18 Å². The Morgan fingerprint density at radius 2 is 2.00 bits per heavy atom. The summed E-state index contributed by atoms with van der Waals surface area (Å²) in [5.41, 5.74) is 1.11. The average Bonchev–Trinajstić information content (AvgIpc) is 2.80. The number of nitrogens with zero attached hydrogens (tertiary/aromatic N) is 3. The maximum atomic E-state index is 12.5. The summed E-state index contributed by atoms with van der Waals surface area (Å²) in [7, 11) is 0. The van der Waals surface area contributed by atoms with Gasteiger partial charge in [0.15, 0.2) is 5.82 Å². The summed E-state index contributed by atoms with van der Waals surface area (Å²) >= 11 is 0. The molecule has 4 nitrogen and oxygen atoms in total. The Bertz CT molecular complexity index is 587. The molecule has 0 bridgehead atoms. The van der Waals surface area contributed by atoms with Crippen molar-refractivity contribution in [2.24, 2.45) is 0 Å². The molecule has 2 aromatic rings. The molecule has 0 atom stereocenters. The molecule has 21 heavy (non-hydrogen) atoms. The number of nitrogens with one attached hydrogen (secondary N) is 1. The molecule has 0 aliphatic rings. The molecule has 0 saturated heterocycles. The molecule has 0 amide bonds. The molecule has 114 valence electrons. The summed E-state index contributed by atoms with van der Waals surface area (Å²) in [5, 5.41) is 7.45. The molecule has 2 aromatic heterocycles. The molecular formula is C14H17F3N4. The zero-order valence-corrected chi connectivity index (χ0v) is 11.9. The predicted octanol–water partition coefficient (Wildman–Crippen LogP) is 3.09. The van der Waals surface area contributed by atoms with Crippen LogP contribution in [0.3, 0.4) is 0 Å². The smallest absolute Gasteiger partial charge is 0.313 e. The van der Waals surface area contributed by atoms with Gasteiger partial charge in [-0.15, -0.1) is 0 Å². The van der Waals surface area contributed by atoms with Crippen LogP contribution in [0.5, 0.6) is 0 Å². The summed E-state index contributed by atoms with van der Waals surface area (Å²) in [4.78, 5) is 3.85. The summed E-state index contributed by atoms with van der Waals surface area (Å²) in [6.45, 7) is 5.54. The van der Waals surface area contributed by atoms with Gasteiger partial charge in [-0.25, -0.2) is 9.67 Å². The molecule has 0 aliphatic carbocycles. The van der Waals surface area contributed by atoms with E-state index in [4.69, 9.17) is 0 Å². The molecule has 0 spiro atoms. The van der Waals surface area contributed by atoms with E-state index in [-0.39, 0.29) is 0 Å². The molecule has 0 aromatic carbocycles. The second-order valence-corrected chi connectivity index (χ2v) is 4.75. The van der Waals surface area contributed by atoms with E-state index in [1.165, 1.54) is 6.07 Å². The van der Waals surface area contributed by atoms with Crippen molar-refractivity contribution in [3.63, 3.8) is 0 Å². The van der Waals surface area contributed by atoms with Crippen molar-refractivity contribution in [1.82, 2.24) is 20.1 Å². The van der Waals surface area contributed by atoms with Crippen LogP contribution in [-0.2, 0) is 12.7 Å². The number of hydrogen-bond donors (Lipinski definition) is 1. The first-order valence-electron chi connectivity index (χ1n) is 6.71. The predicted molar refractivity (Wildman–Crippen MR) is 73.1 cm³/mol. The van der Waals surface area contributed by atoms with Gasteiger partial charge in [-0.3, -0.25) is 0 Å². The van der Waals surface area contributed by atoms with Gasteiger partial charge in [-0.1, -0.05) is 6.92 Å². The Kier molecular flexibility index (Phi) is 4.62. The van der Waals surface area contributed by atoms with Crippen molar-refractivity contribution in [3.8, 4) is 5.82 Å². The minimum absolute atomic E-state index is 0.377. The average molecular weight is 298 g/mol. The van der Waals surface area contributed by atoms with Crippen LogP contribution in [0.4, 0.5) is 13.2 Å². The summed E-state index contributed by atoms with van der Waals surface area (Å²) in [6, 6.07) is 2.34. The largest absolute Gasteiger partial charge is 0.417 e. The van der Waals surface area contributed by atoms with E-state index in [0.29, 0.717) is 12.4 Å². The fourth-order valence-corrected chi connectivity index (χ4v) is 1.93. The molecule has 0 radical (unpaired) electrons. The number of alkyl halides is 3. The van der Waals surface area contributed by atoms with Gasteiger partial charge in [0.25, 0.3) is 0 Å². The maximum absolute atomic E-state index is 12.5. The lowest BCUT2D eigenvalue weighted by Crippen LogP contribution is -2.14. The number of halogens is 3. The Labute approximate surface area is 121 Å². The zero-order valence-electron chi connectivity index (χ0n) is 11.9. The van der Waals surface area contributed by atoms with Crippen molar-refractivity contribution in [3.05, 3.63) is 41.3 Å². The Balaban J connectivity index is 2.19. The number of pyridine rings is 1. The van der Waals surface area contributed by atoms with Crippen molar-refractivity contribution < 1.29 is 13.2 Å². The van der Waals surface area contributed by atoms with Gasteiger partial charge in [-0.2, -0.15) is 18.3 Å². The van der Waals surface area contributed by atoms with Crippen LogP contribution in [0, 0.1) is 6.92 Å². The van der Waals surface area contributed by atoms with Crippen LogP contribution in [0.25, 0.3) is 5.82 Å². The van der Waals surface area contributed by atoms with E-state index in [1.807, 2.05) is 6.92 Å². The Hall–Kier alpha value is -1.89. The quantitative estimate of drug-likeness (QED) is 0.863. The van der Waals surface area contributed by atoms with Crippen molar-refractivity contribution in [1.29, 1.82) is 0 Å². The standard InChI is InChI=1S/C14H17F3N4/c1-3-6-18-7-11-8-20-21(10(11)2)13-5-4-12(9-19-13)14(15,16)17/h4-5,8-9,18H,3,6-7H2,1-2H3. The summed E-state index contributed by atoms with van der Waals surface area (Å²) < 4.78 is 39.1. The van der Waals surface area contributed by atoms with Crippen LogP contribution in [-0.4, -0.2) is 21.3 Å². The van der Waals surface area contributed by atoms with Gasteiger partial charge in [0, 0.05) is 24.0 Å². The van der Waals surface area contributed by atoms with Gasteiger partial charge in [0.05, 0.1) is 11.8 Å². The molecule has 2 rings (SSSR count). The zero-order chi connectivity index (χ0) is 15.5. The van der Waals surface area contributed by atoms with Crippen LogP contribution >= 0.6 is 0 Å². The summed E-state index contributed by atoms with van der Waals surface area (Å²) in [5.74, 6) is 0.377. The first-order valence-corrected chi connectivity index (χ1v) is 6.71. The van der Waals surface area contributed by atoms with E-state index in [0.717, 1.165) is 36.5 Å². The first-order chi connectivity index (χ1) is 9.93. The number of hydrogen-bond acceptors (Lipinski definition) is 3. The molecule has 0 saturated carbocycles. The highest BCUT2D eigenvalue weighted by Gasteiger charge is 2.30. The molecule has 2 heterocycles. The second-order valence-electron chi connectivity index (χ2n) is 4.75. The maximum Gasteiger partial charge on any atom is 0.417 e. The normalized spacial score (nSPS) is 11.9. The minimum Gasteiger partial charge on any atom is -0.313 e. The topological polar surface area (TPSA) is 42.7 Å². The van der Waals surface area contributed by atoms with E-state index in [9.17, 15) is 13.2 Å². The number of aromatic nitrogens is 3. The summed E-state index contributed by atoms with van der Waals surface area (Å²) in [6.07, 6.45) is -0.809. The lowest BCUT2D eigenvalue weighted by atomic mass is 10.2. The van der Waals surface area contributed by atoms with E-state index < -0.39 is 11.7 Å². The second kappa shape index (κ2) is 6.26. The number of rotatable bonds is 5. The molecule has 0 fully saturated rings. The SMILES string of the molecule is CCCNCc1cnn(-c2ccc(C(F)(F)F)cn2)c1C. The van der Waals surface area contributed by atoms with Crippen molar-refractivity contribution >= 4 is 0 Å². The third kappa shape index (κ3) is 3.60. The molecule has 0 aliphatic heterocycles. The van der Waals surface area contributed by atoms with Gasteiger partial charge < -0.3 is 5.32 Å². The van der Waals surface area contributed by atoms with Crippen molar-refractivity contribution in [2.75, 3.05) is 6.54 Å². The first kappa shape index (κ1) is 15.5. The fourth-order valence-electron chi connectivity index (χ4n) is 1.93. The van der Waals surface area contributed by atoms with E-state index >= 15 is 0 Å². The highest BCUT2D eigenvalue weighted by molar-refractivity contribution is 5.30. The minimum atomic E-state index is -4.38. The lowest BCUT2D eigenvalue weighted by molar-refractivity contribution is -0.137. The van der Waals surface area contributed by atoms with E-state index in [1.54, 1.807) is 10.9 Å². The Morgan fingerprint density at radius 3 is 2.57 bits per heavy atom. The molecule has 7 heteroatoms. The lowest BCUT2D eigenvalue weighted by Gasteiger charge is -2.08. The third-order valence-corrected chi connectivity index (χ3v) is 3.15. The van der Waals surface area contributed by atoms with Crippen LogP contribution in [0.15, 0.2) is 24.5 Å². The van der Waals surface area contributed by atoms with Crippen molar-refractivity contribution in [2.45, 2.75) is 33.0 Å². The Morgan fingerprint density at radius 1 is 1.24 bits per heavy atom. The highest BCUT2D eigenvalue weighted by atomic mass is 19.4. The molecule has 0 unspecified atom stereocenters. The van der Waals surface area contributed by atoms with Crippen LogP contribution in [0.2, 0.25) is 0 Å². The van der Waals surface area contributed by atoms with Gasteiger partial charge in [-0.05, 0) is 32.0 Å². The van der Waals surface area contributed by atoms with E-state index in [2.05, 4.69) is 22.3 Å². The van der Waals surface area contributed by atoms with Gasteiger partial charge in [0.2, 0.25) is 0 Å². The van der Waals surface area contributed by atoms with Crippen LogP contribution in [0.1, 0.15) is 30.2 Å². The van der Waals surface area contributed by atoms with Crippen LogP contribution < -0.4 is 5.32 Å². The molecular weight excluding hydrogens is 281 g/mol. The fraction of sp³-hybridized carbons (Fsp3) is 0.429. The third-order valence-electron chi connectivity index (χ3n) is 3.15.